The van der Waals surface area contributed by atoms with Crippen LogP contribution in [0, 0.1) is 0 Å². The van der Waals surface area contributed by atoms with E-state index in [0.29, 0.717) is 23.5 Å². The van der Waals surface area contributed by atoms with Crippen LogP contribution < -0.4 is 14.8 Å². The third-order valence-corrected chi connectivity index (χ3v) is 6.15. The zero-order chi connectivity index (χ0) is 21.7. The van der Waals surface area contributed by atoms with E-state index in [1.807, 2.05) is 38.1 Å². The molecular formula is C23H26N2O4S. The summed E-state index contributed by atoms with van der Waals surface area (Å²) in [5, 5.41) is 13.6. The average molecular weight is 427 g/mol. The summed E-state index contributed by atoms with van der Waals surface area (Å²) in [6.07, 6.45) is 0. The fourth-order valence-corrected chi connectivity index (χ4v) is 4.21. The first kappa shape index (κ1) is 21.5. The minimum atomic E-state index is -3.65. The second kappa shape index (κ2) is 9.09. The van der Waals surface area contributed by atoms with Gasteiger partial charge in [-0.3, -0.25) is 4.72 Å². The van der Waals surface area contributed by atoms with Crippen molar-refractivity contribution in [3.8, 4) is 11.5 Å². The zero-order valence-corrected chi connectivity index (χ0v) is 18.0. The molecule has 0 saturated heterocycles. The van der Waals surface area contributed by atoms with Crippen molar-refractivity contribution in [3.63, 3.8) is 0 Å². The lowest BCUT2D eigenvalue weighted by Gasteiger charge is -2.18. The van der Waals surface area contributed by atoms with E-state index in [4.69, 9.17) is 4.74 Å². The molecule has 0 amide bonds. The molecule has 0 saturated carbocycles. The Morgan fingerprint density at radius 3 is 2.40 bits per heavy atom. The minimum absolute atomic E-state index is 0.103. The number of aromatic hydroxyl groups is 1. The van der Waals surface area contributed by atoms with Gasteiger partial charge in [0, 0.05) is 23.5 Å². The van der Waals surface area contributed by atoms with Crippen LogP contribution in [-0.4, -0.2) is 20.6 Å². The van der Waals surface area contributed by atoms with E-state index in [2.05, 4.69) is 10.0 Å². The summed E-state index contributed by atoms with van der Waals surface area (Å²) in [7, 11) is -2.14. The number of rotatable bonds is 8. The predicted octanol–water partition coefficient (Wildman–Crippen LogP) is 4.94. The number of hydrogen-bond donors (Lipinski definition) is 3. The highest BCUT2D eigenvalue weighted by molar-refractivity contribution is 7.92. The molecule has 3 N–H and O–H groups in total. The van der Waals surface area contributed by atoms with Crippen molar-refractivity contribution in [3.05, 3.63) is 77.9 Å². The summed E-state index contributed by atoms with van der Waals surface area (Å²) >= 11 is 0. The fourth-order valence-electron chi connectivity index (χ4n) is 3.14. The Kier molecular flexibility index (Phi) is 6.52. The molecule has 0 aliphatic carbocycles. The third-order valence-electron chi connectivity index (χ3n) is 4.75. The highest BCUT2D eigenvalue weighted by atomic mass is 32.2. The molecule has 0 heterocycles. The summed E-state index contributed by atoms with van der Waals surface area (Å²) in [5.74, 6) is 0.683. The number of phenolic OH excluding ortho intramolecular Hbond substituents is 1. The molecule has 0 aromatic heterocycles. The van der Waals surface area contributed by atoms with E-state index in [1.165, 1.54) is 7.11 Å². The standard InChI is InChI=1S/C23H26N2O4S/c1-16(2)20-14-18(25-30(27,28)19-9-5-4-6-10-19)12-13-21(20)24-15-17-8-7-11-22(29-3)23(17)26/h4-14,16,24-26H,15H2,1-3H3. The van der Waals surface area contributed by atoms with Crippen LogP contribution in [0.2, 0.25) is 0 Å². The van der Waals surface area contributed by atoms with E-state index in [-0.39, 0.29) is 16.6 Å². The van der Waals surface area contributed by atoms with Gasteiger partial charge >= 0.3 is 0 Å². The molecule has 0 atom stereocenters. The van der Waals surface area contributed by atoms with Gasteiger partial charge in [0.2, 0.25) is 0 Å². The van der Waals surface area contributed by atoms with Crippen molar-refractivity contribution in [2.45, 2.75) is 31.2 Å². The van der Waals surface area contributed by atoms with Crippen molar-refractivity contribution in [2.24, 2.45) is 0 Å². The molecule has 0 aliphatic rings. The Morgan fingerprint density at radius 2 is 1.73 bits per heavy atom. The van der Waals surface area contributed by atoms with Crippen molar-refractivity contribution >= 4 is 21.4 Å². The Morgan fingerprint density at radius 1 is 1.00 bits per heavy atom. The van der Waals surface area contributed by atoms with Crippen LogP contribution in [0.1, 0.15) is 30.9 Å². The van der Waals surface area contributed by atoms with Crippen LogP contribution in [0.15, 0.2) is 71.6 Å². The number of para-hydroxylation sites is 1. The number of methoxy groups -OCH3 is 1. The summed E-state index contributed by atoms with van der Waals surface area (Å²) < 4.78 is 33.0. The monoisotopic (exact) mass is 426 g/mol. The number of benzene rings is 3. The molecule has 6 nitrogen and oxygen atoms in total. The van der Waals surface area contributed by atoms with Crippen LogP contribution in [0.4, 0.5) is 11.4 Å². The molecule has 7 heteroatoms. The first-order valence-electron chi connectivity index (χ1n) is 9.62. The lowest BCUT2D eigenvalue weighted by Crippen LogP contribution is -2.13. The first-order chi connectivity index (χ1) is 14.3. The van der Waals surface area contributed by atoms with Gasteiger partial charge in [0.25, 0.3) is 10.0 Å². The highest BCUT2D eigenvalue weighted by Crippen LogP contribution is 2.32. The average Bonchev–Trinajstić information content (AvgIpc) is 2.74. The van der Waals surface area contributed by atoms with Crippen LogP contribution in [0.25, 0.3) is 0 Å². The molecule has 0 radical (unpaired) electrons. The summed E-state index contributed by atoms with van der Waals surface area (Å²) in [5.41, 5.74) is 3.04. The molecule has 3 rings (SSSR count). The SMILES string of the molecule is COc1cccc(CNc2ccc(NS(=O)(=O)c3ccccc3)cc2C(C)C)c1O. The van der Waals surface area contributed by atoms with Gasteiger partial charge in [-0.25, -0.2) is 8.42 Å². The van der Waals surface area contributed by atoms with Crippen LogP contribution in [0.5, 0.6) is 11.5 Å². The summed E-state index contributed by atoms with van der Waals surface area (Å²) in [6.45, 7) is 4.48. The normalized spacial score (nSPS) is 11.3. The number of nitrogens with one attached hydrogen (secondary N) is 2. The van der Waals surface area contributed by atoms with Crippen molar-refractivity contribution in [1.82, 2.24) is 0 Å². The number of ether oxygens (including phenoxy) is 1. The van der Waals surface area contributed by atoms with Crippen LogP contribution >= 0.6 is 0 Å². The lowest BCUT2D eigenvalue weighted by molar-refractivity contribution is 0.371. The summed E-state index contributed by atoms with van der Waals surface area (Å²) in [6, 6.07) is 19.0. The van der Waals surface area contributed by atoms with E-state index in [1.54, 1.807) is 42.5 Å². The molecule has 0 bridgehead atoms. The topological polar surface area (TPSA) is 87.7 Å². The molecule has 0 aliphatic heterocycles. The second-order valence-corrected chi connectivity index (χ2v) is 8.88. The molecule has 0 unspecified atom stereocenters. The van der Waals surface area contributed by atoms with Gasteiger partial charge in [-0.05, 0) is 47.9 Å². The smallest absolute Gasteiger partial charge is 0.261 e. The fraction of sp³-hybridized carbons (Fsp3) is 0.217. The van der Waals surface area contributed by atoms with Crippen molar-refractivity contribution < 1.29 is 18.3 Å². The quantitative estimate of drug-likeness (QED) is 0.475. The third kappa shape index (κ3) is 4.86. The van der Waals surface area contributed by atoms with Gasteiger partial charge in [-0.1, -0.05) is 44.2 Å². The van der Waals surface area contributed by atoms with Crippen LogP contribution in [-0.2, 0) is 16.6 Å². The minimum Gasteiger partial charge on any atom is -0.504 e. The van der Waals surface area contributed by atoms with Crippen molar-refractivity contribution in [2.75, 3.05) is 17.1 Å². The predicted molar refractivity (Wildman–Crippen MR) is 120 cm³/mol. The molecule has 158 valence electrons. The molecule has 0 fully saturated rings. The molecule has 30 heavy (non-hydrogen) atoms. The first-order valence-corrected chi connectivity index (χ1v) is 11.1. The van der Waals surface area contributed by atoms with Gasteiger partial charge in [0.05, 0.1) is 12.0 Å². The Labute approximate surface area is 177 Å². The van der Waals surface area contributed by atoms with Gasteiger partial charge in [0.15, 0.2) is 11.5 Å². The second-order valence-electron chi connectivity index (χ2n) is 7.20. The highest BCUT2D eigenvalue weighted by Gasteiger charge is 2.16. The lowest BCUT2D eigenvalue weighted by atomic mass is 10.00. The van der Waals surface area contributed by atoms with Gasteiger partial charge in [-0.15, -0.1) is 0 Å². The maximum Gasteiger partial charge on any atom is 0.261 e. The van der Waals surface area contributed by atoms with E-state index >= 15 is 0 Å². The van der Waals surface area contributed by atoms with E-state index < -0.39 is 10.0 Å². The van der Waals surface area contributed by atoms with Gasteiger partial charge in [-0.2, -0.15) is 0 Å². The van der Waals surface area contributed by atoms with Gasteiger partial charge in [0.1, 0.15) is 0 Å². The summed E-state index contributed by atoms with van der Waals surface area (Å²) in [4.78, 5) is 0.215. The number of hydrogen-bond acceptors (Lipinski definition) is 5. The van der Waals surface area contributed by atoms with Crippen molar-refractivity contribution in [1.29, 1.82) is 0 Å². The van der Waals surface area contributed by atoms with Gasteiger partial charge < -0.3 is 15.2 Å². The van der Waals surface area contributed by atoms with Crippen LogP contribution in [0.3, 0.4) is 0 Å². The molecule has 3 aromatic rings. The molecular weight excluding hydrogens is 400 g/mol. The zero-order valence-electron chi connectivity index (χ0n) is 17.2. The van der Waals surface area contributed by atoms with E-state index in [9.17, 15) is 13.5 Å². The maximum absolute atomic E-state index is 12.6. The number of sulfonamides is 1. The van der Waals surface area contributed by atoms with E-state index in [0.717, 1.165) is 11.3 Å². The largest absolute Gasteiger partial charge is 0.504 e. The maximum atomic E-state index is 12.6. The molecule has 3 aromatic carbocycles. The number of anilines is 2. The molecule has 0 spiro atoms. The Bertz CT molecular complexity index is 1110. The Hall–Kier alpha value is -3.19. The Balaban J connectivity index is 1.82. The number of phenols is 1.